The normalized spacial score (nSPS) is 16.0. The van der Waals surface area contributed by atoms with Crippen molar-refractivity contribution in [2.75, 3.05) is 13.1 Å². The molecule has 2 aromatic rings. The third-order valence-electron chi connectivity index (χ3n) is 5.23. The van der Waals surface area contributed by atoms with Crippen LogP contribution in [0.25, 0.3) is 0 Å². The number of fused-ring (bicyclic) bond motifs is 1. The summed E-state index contributed by atoms with van der Waals surface area (Å²) >= 11 is 0. The van der Waals surface area contributed by atoms with Gasteiger partial charge in [0.15, 0.2) is 0 Å². The van der Waals surface area contributed by atoms with E-state index >= 15 is 0 Å². The van der Waals surface area contributed by atoms with Crippen LogP contribution in [0, 0.1) is 5.92 Å². The summed E-state index contributed by atoms with van der Waals surface area (Å²) in [4.78, 5) is 25.1. The molecule has 4 N–H and O–H groups in total. The molecule has 3 amide bonds. The van der Waals surface area contributed by atoms with E-state index in [0.717, 1.165) is 18.5 Å². The molecular weight excluding hydrogens is 400 g/mol. The molecule has 1 aliphatic heterocycles. The molecule has 3 rings (SSSR count). The van der Waals surface area contributed by atoms with Gasteiger partial charge in [0, 0.05) is 19.1 Å². The molecule has 2 unspecified atom stereocenters. The Labute approximate surface area is 184 Å². The number of hydrogen-bond donors (Lipinski definition) is 4. The zero-order chi connectivity index (χ0) is 20.6. The smallest absolute Gasteiger partial charge is 0.315 e. The SMILES string of the molecule is CC(C)C(NC(=O)NCc1ccccc1)C(=O)NCC1NCCc2ccccc21.Cl. The standard InChI is InChI=1S/C23H30N4O2.ClH/c1-16(2)21(27-23(29)26-14-17-8-4-3-5-9-17)22(28)25-15-20-19-11-7-6-10-18(19)12-13-24-20;/h3-11,16,20-21,24H,12-15H2,1-2H3,(H,25,28)(H2,26,27,29);1H. The van der Waals surface area contributed by atoms with Crippen molar-refractivity contribution in [3.05, 3.63) is 71.3 Å². The van der Waals surface area contributed by atoms with Gasteiger partial charge < -0.3 is 21.3 Å². The van der Waals surface area contributed by atoms with E-state index in [-0.39, 0.29) is 36.3 Å². The summed E-state index contributed by atoms with van der Waals surface area (Å²) in [6, 6.07) is 17.1. The zero-order valence-corrected chi connectivity index (χ0v) is 18.3. The minimum Gasteiger partial charge on any atom is -0.352 e. The van der Waals surface area contributed by atoms with E-state index in [2.05, 4.69) is 33.4 Å². The van der Waals surface area contributed by atoms with Crippen LogP contribution in [0.5, 0.6) is 0 Å². The van der Waals surface area contributed by atoms with Gasteiger partial charge in [0.05, 0.1) is 0 Å². The van der Waals surface area contributed by atoms with Gasteiger partial charge in [-0.25, -0.2) is 4.79 Å². The fourth-order valence-corrected chi connectivity index (χ4v) is 3.59. The largest absolute Gasteiger partial charge is 0.352 e. The van der Waals surface area contributed by atoms with Crippen molar-refractivity contribution in [1.82, 2.24) is 21.3 Å². The van der Waals surface area contributed by atoms with Crippen molar-refractivity contribution in [3.8, 4) is 0 Å². The highest BCUT2D eigenvalue weighted by Gasteiger charge is 2.26. The molecule has 2 atom stereocenters. The number of halogens is 1. The average Bonchev–Trinajstić information content (AvgIpc) is 2.74. The summed E-state index contributed by atoms with van der Waals surface area (Å²) in [5.41, 5.74) is 3.56. The van der Waals surface area contributed by atoms with E-state index in [4.69, 9.17) is 0 Å². The number of benzene rings is 2. The molecule has 0 fully saturated rings. The van der Waals surface area contributed by atoms with Gasteiger partial charge in [-0.1, -0.05) is 68.4 Å². The van der Waals surface area contributed by atoms with Crippen LogP contribution in [0.15, 0.2) is 54.6 Å². The Morgan fingerprint density at radius 2 is 1.73 bits per heavy atom. The van der Waals surface area contributed by atoms with E-state index in [1.54, 1.807) is 0 Å². The summed E-state index contributed by atoms with van der Waals surface area (Å²) in [5, 5.41) is 12.1. The Hall–Kier alpha value is -2.57. The van der Waals surface area contributed by atoms with Gasteiger partial charge in [0.2, 0.25) is 5.91 Å². The molecule has 0 saturated carbocycles. The molecule has 7 heteroatoms. The number of carbonyl (C=O) groups is 2. The van der Waals surface area contributed by atoms with Crippen LogP contribution in [0.3, 0.4) is 0 Å². The quantitative estimate of drug-likeness (QED) is 0.545. The van der Waals surface area contributed by atoms with Gasteiger partial charge in [0.1, 0.15) is 6.04 Å². The predicted octanol–water partition coefficient (Wildman–Crippen LogP) is 2.94. The molecule has 0 aromatic heterocycles. The molecule has 162 valence electrons. The maximum atomic E-state index is 12.8. The van der Waals surface area contributed by atoms with Crippen LogP contribution in [0.1, 0.15) is 36.6 Å². The minimum absolute atomic E-state index is 0. The first-order valence-electron chi connectivity index (χ1n) is 10.2. The van der Waals surface area contributed by atoms with Crippen LogP contribution in [-0.4, -0.2) is 31.1 Å². The van der Waals surface area contributed by atoms with Gasteiger partial charge >= 0.3 is 6.03 Å². The summed E-state index contributed by atoms with van der Waals surface area (Å²) in [6.45, 7) is 5.66. The number of urea groups is 1. The van der Waals surface area contributed by atoms with Crippen LogP contribution in [0.4, 0.5) is 4.79 Å². The third kappa shape index (κ3) is 6.47. The van der Waals surface area contributed by atoms with Gasteiger partial charge in [0.25, 0.3) is 0 Å². The maximum absolute atomic E-state index is 12.8. The Morgan fingerprint density at radius 3 is 2.47 bits per heavy atom. The van der Waals surface area contributed by atoms with Gasteiger partial charge in [-0.3, -0.25) is 4.79 Å². The molecule has 6 nitrogen and oxygen atoms in total. The van der Waals surface area contributed by atoms with Gasteiger partial charge in [-0.05, 0) is 35.6 Å². The van der Waals surface area contributed by atoms with E-state index in [9.17, 15) is 9.59 Å². The summed E-state index contributed by atoms with van der Waals surface area (Å²) in [5.74, 6) is -0.191. The van der Waals surface area contributed by atoms with Crippen molar-refractivity contribution in [2.45, 2.75) is 38.9 Å². The highest BCUT2D eigenvalue weighted by atomic mass is 35.5. The Kier molecular flexibility index (Phi) is 9.15. The fraction of sp³-hybridized carbons (Fsp3) is 0.391. The maximum Gasteiger partial charge on any atom is 0.315 e. The van der Waals surface area contributed by atoms with E-state index in [1.165, 1.54) is 11.1 Å². The highest BCUT2D eigenvalue weighted by Crippen LogP contribution is 2.21. The fourth-order valence-electron chi connectivity index (χ4n) is 3.59. The molecule has 1 heterocycles. The molecule has 0 radical (unpaired) electrons. The number of hydrogen-bond acceptors (Lipinski definition) is 3. The molecule has 1 aliphatic rings. The Balaban J connectivity index is 0.00000320. The molecular formula is C23H31ClN4O2. The summed E-state index contributed by atoms with van der Waals surface area (Å²) in [6.07, 6.45) is 0.998. The first-order chi connectivity index (χ1) is 14.0. The molecule has 2 aromatic carbocycles. The zero-order valence-electron chi connectivity index (χ0n) is 17.5. The van der Waals surface area contributed by atoms with Crippen molar-refractivity contribution in [3.63, 3.8) is 0 Å². The lowest BCUT2D eigenvalue weighted by molar-refractivity contribution is -0.124. The number of carbonyl (C=O) groups excluding carboxylic acids is 2. The van der Waals surface area contributed by atoms with Crippen molar-refractivity contribution >= 4 is 24.3 Å². The van der Waals surface area contributed by atoms with Crippen molar-refractivity contribution in [1.29, 1.82) is 0 Å². The lowest BCUT2D eigenvalue weighted by Crippen LogP contribution is -2.53. The lowest BCUT2D eigenvalue weighted by Gasteiger charge is -2.28. The van der Waals surface area contributed by atoms with Gasteiger partial charge in [-0.2, -0.15) is 0 Å². The monoisotopic (exact) mass is 430 g/mol. The molecule has 0 saturated heterocycles. The summed E-state index contributed by atoms with van der Waals surface area (Å²) in [7, 11) is 0. The topological polar surface area (TPSA) is 82.3 Å². The molecule has 0 spiro atoms. The van der Waals surface area contributed by atoms with E-state index < -0.39 is 6.04 Å². The number of nitrogens with one attached hydrogen (secondary N) is 4. The third-order valence-corrected chi connectivity index (χ3v) is 5.23. The molecule has 30 heavy (non-hydrogen) atoms. The number of rotatable bonds is 7. The van der Waals surface area contributed by atoms with Crippen LogP contribution >= 0.6 is 12.4 Å². The lowest BCUT2D eigenvalue weighted by atomic mass is 9.94. The van der Waals surface area contributed by atoms with Crippen LogP contribution in [-0.2, 0) is 17.8 Å². The first-order valence-corrected chi connectivity index (χ1v) is 10.2. The van der Waals surface area contributed by atoms with Crippen LogP contribution in [0.2, 0.25) is 0 Å². The molecule has 0 aliphatic carbocycles. The van der Waals surface area contributed by atoms with Gasteiger partial charge in [-0.15, -0.1) is 12.4 Å². The minimum atomic E-state index is -0.593. The summed E-state index contributed by atoms with van der Waals surface area (Å²) < 4.78 is 0. The number of amides is 3. The van der Waals surface area contributed by atoms with E-state index in [0.29, 0.717) is 13.1 Å². The molecule has 0 bridgehead atoms. The highest BCUT2D eigenvalue weighted by molar-refractivity contribution is 5.87. The second-order valence-electron chi connectivity index (χ2n) is 7.73. The van der Waals surface area contributed by atoms with Crippen molar-refractivity contribution in [2.24, 2.45) is 5.92 Å². The second-order valence-corrected chi connectivity index (χ2v) is 7.73. The second kappa shape index (κ2) is 11.6. The Bertz CT molecular complexity index is 829. The Morgan fingerprint density at radius 1 is 1.03 bits per heavy atom. The predicted molar refractivity (Wildman–Crippen MR) is 122 cm³/mol. The van der Waals surface area contributed by atoms with Crippen molar-refractivity contribution < 1.29 is 9.59 Å². The van der Waals surface area contributed by atoms with E-state index in [1.807, 2.05) is 56.3 Å². The average molecular weight is 431 g/mol. The first kappa shape index (κ1) is 23.7. The van der Waals surface area contributed by atoms with Crippen LogP contribution < -0.4 is 21.3 Å².